The SMILES string of the molecule is CC[C@@H](OC(=O)Nc1ccc(Cc2ccccc2)cc1)N(CN)c1ccccc1. The summed E-state index contributed by atoms with van der Waals surface area (Å²) < 4.78 is 5.63. The Morgan fingerprint density at radius 3 is 2.10 bits per heavy atom. The molecule has 0 spiro atoms. The van der Waals surface area contributed by atoms with Crippen LogP contribution in [0.15, 0.2) is 84.9 Å². The second kappa shape index (κ2) is 10.3. The van der Waals surface area contributed by atoms with Crippen molar-refractivity contribution in [2.45, 2.75) is 26.0 Å². The molecule has 150 valence electrons. The lowest BCUT2D eigenvalue weighted by atomic mass is 10.1. The monoisotopic (exact) mass is 389 g/mol. The fraction of sp³-hybridized carbons (Fsp3) is 0.208. The first-order valence-corrected chi connectivity index (χ1v) is 9.82. The van der Waals surface area contributed by atoms with Crippen molar-refractivity contribution in [2.75, 3.05) is 16.9 Å². The van der Waals surface area contributed by atoms with E-state index in [0.29, 0.717) is 12.1 Å². The smallest absolute Gasteiger partial charge is 0.413 e. The molecule has 0 fully saturated rings. The van der Waals surface area contributed by atoms with Crippen LogP contribution in [-0.4, -0.2) is 19.0 Å². The van der Waals surface area contributed by atoms with Crippen molar-refractivity contribution in [1.82, 2.24) is 0 Å². The third-order valence-electron chi connectivity index (χ3n) is 4.68. The van der Waals surface area contributed by atoms with Crippen molar-refractivity contribution in [1.29, 1.82) is 0 Å². The molecule has 0 bridgehead atoms. The van der Waals surface area contributed by atoms with Gasteiger partial charge in [0.25, 0.3) is 0 Å². The molecule has 0 aliphatic rings. The van der Waals surface area contributed by atoms with Crippen molar-refractivity contribution < 1.29 is 9.53 Å². The van der Waals surface area contributed by atoms with Crippen LogP contribution in [0.3, 0.4) is 0 Å². The highest BCUT2D eigenvalue weighted by Gasteiger charge is 2.20. The molecule has 1 amide bonds. The van der Waals surface area contributed by atoms with E-state index in [0.717, 1.165) is 12.1 Å². The van der Waals surface area contributed by atoms with E-state index >= 15 is 0 Å². The van der Waals surface area contributed by atoms with Gasteiger partial charge >= 0.3 is 6.09 Å². The Labute approximate surface area is 172 Å². The number of hydrogen-bond acceptors (Lipinski definition) is 4. The summed E-state index contributed by atoms with van der Waals surface area (Å²) in [4.78, 5) is 14.3. The summed E-state index contributed by atoms with van der Waals surface area (Å²) in [7, 11) is 0. The zero-order chi connectivity index (χ0) is 20.5. The molecule has 5 heteroatoms. The van der Waals surface area contributed by atoms with Crippen molar-refractivity contribution in [3.8, 4) is 0 Å². The first kappa shape index (κ1) is 20.4. The minimum atomic E-state index is -0.498. The van der Waals surface area contributed by atoms with Gasteiger partial charge in [-0.05, 0) is 41.8 Å². The van der Waals surface area contributed by atoms with Gasteiger partial charge < -0.3 is 15.4 Å². The molecule has 0 unspecified atom stereocenters. The molecule has 3 N–H and O–H groups in total. The molecule has 29 heavy (non-hydrogen) atoms. The zero-order valence-electron chi connectivity index (χ0n) is 16.6. The lowest BCUT2D eigenvalue weighted by molar-refractivity contribution is 0.105. The average Bonchev–Trinajstić information content (AvgIpc) is 2.76. The molecule has 0 heterocycles. The topological polar surface area (TPSA) is 67.6 Å². The van der Waals surface area contributed by atoms with Crippen LogP contribution in [0, 0.1) is 0 Å². The van der Waals surface area contributed by atoms with Crippen LogP contribution < -0.4 is 16.0 Å². The van der Waals surface area contributed by atoms with Crippen LogP contribution in [0.2, 0.25) is 0 Å². The fourth-order valence-corrected chi connectivity index (χ4v) is 3.18. The van der Waals surface area contributed by atoms with E-state index in [1.165, 1.54) is 11.1 Å². The molecule has 0 aromatic heterocycles. The number of anilines is 2. The number of carbonyl (C=O) groups is 1. The Morgan fingerprint density at radius 1 is 0.931 bits per heavy atom. The van der Waals surface area contributed by atoms with Crippen LogP contribution in [-0.2, 0) is 11.2 Å². The number of amides is 1. The molecule has 0 radical (unpaired) electrons. The fourth-order valence-electron chi connectivity index (χ4n) is 3.18. The van der Waals surface area contributed by atoms with Gasteiger partial charge in [-0.15, -0.1) is 0 Å². The van der Waals surface area contributed by atoms with E-state index in [9.17, 15) is 4.79 Å². The Balaban J connectivity index is 1.59. The minimum Gasteiger partial charge on any atom is -0.425 e. The predicted octanol–water partition coefficient (Wildman–Crippen LogP) is 4.98. The third-order valence-corrected chi connectivity index (χ3v) is 4.68. The number of nitrogens with one attached hydrogen (secondary N) is 1. The van der Waals surface area contributed by atoms with Crippen molar-refractivity contribution in [3.63, 3.8) is 0 Å². The molecular formula is C24H27N3O2. The number of rotatable bonds is 8. The lowest BCUT2D eigenvalue weighted by Crippen LogP contribution is -2.42. The van der Waals surface area contributed by atoms with Crippen molar-refractivity contribution >= 4 is 17.5 Å². The average molecular weight is 389 g/mol. The number of benzene rings is 3. The molecule has 1 atom stereocenters. The molecule has 5 nitrogen and oxygen atoms in total. The number of carbonyl (C=O) groups excluding carboxylic acids is 1. The quantitative estimate of drug-likeness (QED) is 0.533. The van der Waals surface area contributed by atoms with Crippen LogP contribution in [0.1, 0.15) is 24.5 Å². The van der Waals surface area contributed by atoms with Gasteiger partial charge in [0.05, 0.1) is 6.67 Å². The first-order chi connectivity index (χ1) is 14.2. The summed E-state index contributed by atoms with van der Waals surface area (Å²) in [6.45, 7) is 2.21. The van der Waals surface area contributed by atoms with Gasteiger partial charge in [-0.25, -0.2) is 4.79 Å². The summed E-state index contributed by atoms with van der Waals surface area (Å²) in [5.41, 5.74) is 9.95. The van der Waals surface area contributed by atoms with Gasteiger partial charge in [-0.2, -0.15) is 0 Å². The highest BCUT2D eigenvalue weighted by Crippen LogP contribution is 2.19. The maximum atomic E-state index is 12.4. The van der Waals surface area contributed by atoms with Crippen molar-refractivity contribution in [2.24, 2.45) is 5.73 Å². The maximum Gasteiger partial charge on any atom is 0.413 e. The Hall–Kier alpha value is -3.31. The van der Waals surface area contributed by atoms with E-state index in [1.807, 2.05) is 84.6 Å². The Bertz CT molecular complexity index is 883. The van der Waals surface area contributed by atoms with E-state index in [2.05, 4.69) is 17.4 Å². The summed E-state index contributed by atoms with van der Waals surface area (Å²) in [6, 6.07) is 27.8. The Kier molecular flexibility index (Phi) is 7.25. The Morgan fingerprint density at radius 2 is 1.52 bits per heavy atom. The van der Waals surface area contributed by atoms with Gasteiger partial charge in [0, 0.05) is 17.8 Å². The standard InChI is InChI=1S/C24H27N3O2/c1-2-23(27(18-25)22-11-7-4-8-12-22)29-24(28)26-21-15-13-20(14-16-21)17-19-9-5-3-6-10-19/h3-16,23H,2,17-18,25H2,1H3,(H,26,28)/t23-/m1/s1. The molecule has 0 saturated carbocycles. The van der Waals surface area contributed by atoms with E-state index in [1.54, 1.807) is 0 Å². The normalized spacial score (nSPS) is 11.5. The highest BCUT2D eigenvalue weighted by atomic mass is 16.6. The summed E-state index contributed by atoms with van der Waals surface area (Å²) >= 11 is 0. The molecular weight excluding hydrogens is 362 g/mol. The number of nitrogens with two attached hydrogens (primary N) is 1. The number of para-hydroxylation sites is 1. The van der Waals surface area contributed by atoms with Gasteiger partial charge in [0.1, 0.15) is 0 Å². The predicted molar refractivity (Wildman–Crippen MR) is 118 cm³/mol. The van der Waals surface area contributed by atoms with Gasteiger partial charge in [-0.3, -0.25) is 5.32 Å². The highest BCUT2D eigenvalue weighted by molar-refractivity contribution is 5.84. The molecule has 0 aliphatic heterocycles. The third kappa shape index (κ3) is 5.83. The van der Waals surface area contributed by atoms with E-state index in [-0.39, 0.29) is 6.67 Å². The van der Waals surface area contributed by atoms with Gasteiger partial charge in [0.2, 0.25) is 0 Å². The largest absolute Gasteiger partial charge is 0.425 e. The maximum absolute atomic E-state index is 12.4. The van der Waals surface area contributed by atoms with Crippen LogP contribution in [0.25, 0.3) is 0 Å². The van der Waals surface area contributed by atoms with E-state index < -0.39 is 12.3 Å². The second-order valence-corrected chi connectivity index (χ2v) is 6.74. The van der Waals surface area contributed by atoms with Gasteiger partial charge in [-0.1, -0.05) is 67.6 Å². The van der Waals surface area contributed by atoms with E-state index in [4.69, 9.17) is 10.5 Å². The van der Waals surface area contributed by atoms with Gasteiger partial charge in [0.15, 0.2) is 6.23 Å². The first-order valence-electron chi connectivity index (χ1n) is 9.82. The molecule has 0 saturated heterocycles. The number of ether oxygens (including phenoxy) is 1. The number of nitrogens with zero attached hydrogens (tertiary/aromatic N) is 1. The second-order valence-electron chi connectivity index (χ2n) is 6.74. The molecule has 3 aromatic carbocycles. The van der Waals surface area contributed by atoms with Crippen LogP contribution in [0.5, 0.6) is 0 Å². The summed E-state index contributed by atoms with van der Waals surface area (Å²) in [5.74, 6) is 0. The van der Waals surface area contributed by atoms with Crippen molar-refractivity contribution in [3.05, 3.63) is 96.1 Å². The summed E-state index contributed by atoms with van der Waals surface area (Å²) in [6.07, 6.45) is 0.531. The molecule has 0 aliphatic carbocycles. The molecule has 3 aromatic rings. The zero-order valence-corrected chi connectivity index (χ0v) is 16.6. The summed E-state index contributed by atoms with van der Waals surface area (Å²) in [5, 5.41) is 2.80. The van der Waals surface area contributed by atoms with Crippen LogP contribution >= 0.6 is 0 Å². The molecule has 3 rings (SSSR count). The van der Waals surface area contributed by atoms with Crippen LogP contribution in [0.4, 0.5) is 16.2 Å². The lowest BCUT2D eigenvalue weighted by Gasteiger charge is -2.31. The minimum absolute atomic E-state index is 0.254. The number of hydrogen-bond donors (Lipinski definition) is 2.